The third kappa shape index (κ3) is 2.79. The summed E-state index contributed by atoms with van der Waals surface area (Å²) in [5.74, 6) is 0.223. The van der Waals surface area contributed by atoms with Gasteiger partial charge in [-0.3, -0.25) is 4.79 Å². The van der Waals surface area contributed by atoms with Gasteiger partial charge in [-0.2, -0.15) is 0 Å². The molecule has 0 aromatic heterocycles. The maximum absolute atomic E-state index is 13.1. The average molecular weight is 314 g/mol. The summed E-state index contributed by atoms with van der Waals surface area (Å²) < 4.78 is 0. The number of rotatable bonds is 4. The Morgan fingerprint density at radius 1 is 1.04 bits per heavy atom. The molecule has 0 bridgehead atoms. The number of aliphatic hydroxyl groups is 1. The van der Waals surface area contributed by atoms with Crippen LogP contribution in [-0.2, 0) is 10.2 Å². The van der Waals surface area contributed by atoms with E-state index in [-0.39, 0.29) is 11.3 Å². The van der Waals surface area contributed by atoms with Crippen LogP contribution in [-0.4, -0.2) is 59.1 Å². The predicted octanol–water partition coefficient (Wildman–Crippen LogP) is 1.78. The molecule has 1 saturated carbocycles. The molecular formula is C19H26N2O2. The Bertz CT molecular complexity index is 578. The van der Waals surface area contributed by atoms with Crippen molar-refractivity contribution >= 4 is 5.91 Å². The largest absolute Gasteiger partial charge is 0.387 e. The molecule has 1 N–H and O–H groups in total. The molecule has 3 fully saturated rings. The fourth-order valence-electron chi connectivity index (χ4n) is 4.33. The second-order valence-corrected chi connectivity index (χ2v) is 7.63. The molecule has 1 atom stereocenters. The van der Waals surface area contributed by atoms with Crippen molar-refractivity contribution in [3.8, 4) is 0 Å². The van der Waals surface area contributed by atoms with Gasteiger partial charge in [0.1, 0.15) is 0 Å². The van der Waals surface area contributed by atoms with Gasteiger partial charge < -0.3 is 14.9 Å². The Hall–Kier alpha value is -1.39. The fourth-order valence-corrected chi connectivity index (χ4v) is 4.33. The summed E-state index contributed by atoms with van der Waals surface area (Å²) in [5, 5.41) is 10.9. The minimum absolute atomic E-state index is 0.223. The first-order valence-corrected chi connectivity index (χ1v) is 8.91. The smallest absolute Gasteiger partial charge is 0.233 e. The Balaban J connectivity index is 1.44. The van der Waals surface area contributed by atoms with Gasteiger partial charge in [0.25, 0.3) is 0 Å². The number of hydrogen-bond acceptors (Lipinski definition) is 3. The maximum Gasteiger partial charge on any atom is 0.233 e. The first kappa shape index (κ1) is 15.2. The lowest BCUT2D eigenvalue weighted by Gasteiger charge is -2.29. The lowest BCUT2D eigenvalue weighted by atomic mass is 9.94. The number of β-amino-alcohol motifs (C(OH)–C–C–N with tert-alkyl or cyclic N) is 1. The predicted molar refractivity (Wildman–Crippen MR) is 89.2 cm³/mol. The molecule has 2 heterocycles. The molecule has 0 radical (unpaired) electrons. The Labute approximate surface area is 138 Å². The second-order valence-electron chi connectivity index (χ2n) is 7.63. The van der Waals surface area contributed by atoms with Crippen molar-refractivity contribution < 1.29 is 9.90 Å². The Morgan fingerprint density at radius 2 is 1.74 bits per heavy atom. The van der Waals surface area contributed by atoms with E-state index in [1.807, 2.05) is 23.1 Å². The Kier molecular flexibility index (Phi) is 3.69. The minimum atomic E-state index is -0.716. The van der Waals surface area contributed by atoms with Crippen molar-refractivity contribution in [3.63, 3.8) is 0 Å². The van der Waals surface area contributed by atoms with Crippen molar-refractivity contribution in [2.24, 2.45) is 0 Å². The summed E-state index contributed by atoms with van der Waals surface area (Å²) in [7, 11) is 0. The highest BCUT2D eigenvalue weighted by Crippen LogP contribution is 2.50. The highest BCUT2D eigenvalue weighted by molar-refractivity contribution is 5.91. The molecule has 4 nitrogen and oxygen atoms in total. The molecule has 1 amide bonds. The fraction of sp³-hybridized carbons (Fsp3) is 0.632. The van der Waals surface area contributed by atoms with E-state index in [2.05, 4.69) is 17.0 Å². The first-order valence-electron chi connectivity index (χ1n) is 8.91. The molecule has 23 heavy (non-hydrogen) atoms. The van der Waals surface area contributed by atoms with Crippen LogP contribution in [0.4, 0.5) is 0 Å². The van der Waals surface area contributed by atoms with Crippen molar-refractivity contribution in [2.75, 3.05) is 32.7 Å². The second kappa shape index (κ2) is 5.60. The molecule has 2 aliphatic heterocycles. The molecule has 4 heteroatoms. The highest BCUT2D eigenvalue weighted by Gasteiger charge is 2.55. The van der Waals surface area contributed by atoms with Gasteiger partial charge in [-0.15, -0.1) is 0 Å². The third-order valence-electron chi connectivity index (χ3n) is 5.82. The van der Waals surface area contributed by atoms with Gasteiger partial charge in [-0.1, -0.05) is 30.3 Å². The first-order chi connectivity index (χ1) is 11.1. The third-order valence-corrected chi connectivity index (χ3v) is 5.82. The van der Waals surface area contributed by atoms with Crippen LogP contribution in [0.5, 0.6) is 0 Å². The van der Waals surface area contributed by atoms with Crippen LogP contribution < -0.4 is 0 Å². The summed E-state index contributed by atoms with van der Waals surface area (Å²) in [6.07, 6.45) is 5.06. The van der Waals surface area contributed by atoms with Crippen molar-refractivity contribution in [2.45, 2.75) is 43.1 Å². The summed E-state index contributed by atoms with van der Waals surface area (Å²) in [5.41, 5.74) is 0.118. The van der Waals surface area contributed by atoms with E-state index in [9.17, 15) is 9.90 Å². The number of hydrogen-bond donors (Lipinski definition) is 1. The minimum Gasteiger partial charge on any atom is -0.387 e. The highest BCUT2D eigenvalue weighted by atomic mass is 16.3. The number of carbonyl (C=O) groups is 1. The van der Waals surface area contributed by atoms with Crippen LogP contribution in [0, 0.1) is 0 Å². The van der Waals surface area contributed by atoms with E-state index in [1.54, 1.807) is 0 Å². The summed E-state index contributed by atoms with van der Waals surface area (Å²) in [4.78, 5) is 17.3. The van der Waals surface area contributed by atoms with Crippen molar-refractivity contribution in [3.05, 3.63) is 35.9 Å². The van der Waals surface area contributed by atoms with Gasteiger partial charge in [0.05, 0.1) is 17.6 Å². The van der Waals surface area contributed by atoms with Gasteiger partial charge in [0.15, 0.2) is 0 Å². The van der Waals surface area contributed by atoms with E-state index in [0.29, 0.717) is 19.5 Å². The van der Waals surface area contributed by atoms with Crippen LogP contribution in [0.1, 0.15) is 37.7 Å². The molecule has 1 aromatic rings. The Morgan fingerprint density at radius 3 is 2.39 bits per heavy atom. The topological polar surface area (TPSA) is 43.8 Å². The number of carbonyl (C=O) groups excluding carboxylic acids is 1. The average Bonchev–Trinajstić information content (AvgIpc) is 3.06. The van der Waals surface area contributed by atoms with Crippen molar-refractivity contribution in [1.29, 1.82) is 0 Å². The monoisotopic (exact) mass is 314 g/mol. The zero-order valence-electron chi connectivity index (χ0n) is 13.7. The molecule has 4 rings (SSSR count). The number of amides is 1. The molecule has 0 spiro atoms. The molecule has 1 aliphatic carbocycles. The quantitative estimate of drug-likeness (QED) is 0.921. The van der Waals surface area contributed by atoms with Gasteiger partial charge in [-0.25, -0.2) is 0 Å². The van der Waals surface area contributed by atoms with Gasteiger partial charge in [-0.05, 0) is 50.8 Å². The molecule has 3 aliphatic rings. The SMILES string of the molecule is O=C(N1CCC(O)(CN2CCCC2)C1)C1(c2ccccc2)CC1. The van der Waals surface area contributed by atoms with E-state index in [4.69, 9.17) is 0 Å². The summed E-state index contributed by atoms with van der Waals surface area (Å²) in [6.45, 7) is 4.08. The normalized spacial score (nSPS) is 29.9. The van der Waals surface area contributed by atoms with E-state index < -0.39 is 5.60 Å². The number of likely N-dealkylation sites (tertiary alicyclic amines) is 2. The van der Waals surface area contributed by atoms with Gasteiger partial charge in [0, 0.05) is 13.1 Å². The van der Waals surface area contributed by atoms with Gasteiger partial charge in [0.2, 0.25) is 5.91 Å². The standard InChI is InChI=1S/C19H26N2O2/c22-17(19(8-9-19)16-6-2-1-3-7-16)21-13-10-18(23,15-21)14-20-11-4-5-12-20/h1-3,6-7,23H,4-5,8-15H2. The zero-order chi connectivity index (χ0) is 15.9. The molecular weight excluding hydrogens is 288 g/mol. The van der Waals surface area contributed by atoms with Crippen LogP contribution >= 0.6 is 0 Å². The summed E-state index contributed by atoms with van der Waals surface area (Å²) in [6, 6.07) is 10.1. The maximum atomic E-state index is 13.1. The molecule has 124 valence electrons. The molecule has 1 unspecified atom stereocenters. The van der Waals surface area contributed by atoms with Crippen LogP contribution in [0.25, 0.3) is 0 Å². The van der Waals surface area contributed by atoms with Crippen LogP contribution in [0.15, 0.2) is 30.3 Å². The lowest BCUT2D eigenvalue weighted by molar-refractivity contribution is -0.134. The van der Waals surface area contributed by atoms with Gasteiger partial charge >= 0.3 is 0 Å². The zero-order valence-corrected chi connectivity index (χ0v) is 13.7. The van der Waals surface area contributed by atoms with Crippen LogP contribution in [0.2, 0.25) is 0 Å². The number of benzene rings is 1. The molecule has 1 aromatic carbocycles. The van der Waals surface area contributed by atoms with E-state index >= 15 is 0 Å². The summed E-state index contributed by atoms with van der Waals surface area (Å²) >= 11 is 0. The molecule has 2 saturated heterocycles. The van der Waals surface area contributed by atoms with E-state index in [1.165, 1.54) is 12.8 Å². The van der Waals surface area contributed by atoms with Crippen molar-refractivity contribution in [1.82, 2.24) is 9.80 Å². The van der Waals surface area contributed by atoms with E-state index in [0.717, 1.165) is 38.0 Å². The van der Waals surface area contributed by atoms with Crippen LogP contribution in [0.3, 0.4) is 0 Å². The lowest BCUT2D eigenvalue weighted by Crippen LogP contribution is -2.46. The number of nitrogens with zero attached hydrogens (tertiary/aromatic N) is 2.